The summed E-state index contributed by atoms with van der Waals surface area (Å²) in [6.07, 6.45) is 3.78. The van der Waals surface area contributed by atoms with E-state index in [2.05, 4.69) is 16.9 Å². The molecule has 16 heavy (non-hydrogen) atoms. The Morgan fingerprint density at radius 1 is 1.38 bits per heavy atom. The summed E-state index contributed by atoms with van der Waals surface area (Å²) < 4.78 is 11.8. The molecular formula is C12H16N2O2. The third kappa shape index (κ3) is 1.63. The molecule has 1 fully saturated rings. The Balaban J connectivity index is 1.82. The van der Waals surface area contributed by atoms with Gasteiger partial charge in [0.15, 0.2) is 5.75 Å². The minimum atomic E-state index is -0.122. The fourth-order valence-electron chi connectivity index (χ4n) is 2.30. The molecule has 0 atom stereocenters. The molecule has 1 aromatic heterocycles. The van der Waals surface area contributed by atoms with Crippen LogP contribution in [0.5, 0.6) is 11.6 Å². The van der Waals surface area contributed by atoms with Crippen molar-refractivity contribution in [2.45, 2.75) is 18.4 Å². The van der Waals surface area contributed by atoms with Crippen LogP contribution in [0.15, 0.2) is 18.3 Å². The van der Waals surface area contributed by atoms with Gasteiger partial charge < -0.3 is 14.4 Å². The van der Waals surface area contributed by atoms with Crippen molar-refractivity contribution in [3.8, 4) is 11.6 Å². The summed E-state index contributed by atoms with van der Waals surface area (Å²) in [5.74, 6) is 1.42. The summed E-state index contributed by atoms with van der Waals surface area (Å²) in [6, 6.07) is 3.82. The minimum absolute atomic E-state index is 0.122. The zero-order valence-electron chi connectivity index (χ0n) is 9.48. The molecule has 0 radical (unpaired) electrons. The van der Waals surface area contributed by atoms with Gasteiger partial charge in [0.25, 0.3) is 5.88 Å². The monoisotopic (exact) mass is 220 g/mol. The first-order chi connectivity index (χ1) is 7.77. The van der Waals surface area contributed by atoms with Crippen LogP contribution in [0.2, 0.25) is 0 Å². The number of aromatic nitrogens is 1. The van der Waals surface area contributed by atoms with Crippen LogP contribution in [0.3, 0.4) is 0 Å². The standard InChI is InChI=1S/C12H16N2O2/c1-14-7-4-12(5-8-14)9-15-11-10(16-12)3-2-6-13-11/h2-3,6H,4-5,7-9H2,1H3. The van der Waals surface area contributed by atoms with Gasteiger partial charge in [0, 0.05) is 32.1 Å². The van der Waals surface area contributed by atoms with Gasteiger partial charge in [-0.1, -0.05) is 0 Å². The van der Waals surface area contributed by atoms with Crippen molar-refractivity contribution in [3.63, 3.8) is 0 Å². The zero-order valence-corrected chi connectivity index (χ0v) is 9.48. The van der Waals surface area contributed by atoms with E-state index >= 15 is 0 Å². The Labute approximate surface area is 95.2 Å². The van der Waals surface area contributed by atoms with Crippen molar-refractivity contribution in [2.75, 3.05) is 26.7 Å². The molecule has 0 unspecified atom stereocenters. The van der Waals surface area contributed by atoms with Gasteiger partial charge in [-0.05, 0) is 19.2 Å². The van der Waals surface area contributed by atoms with Gasteiger partial charge in [0.2, 0.25) is 0 Å². The molecule has 3 heterocycles. The van der Waals surface area contributed by atoms with Crippen LogP contribution in [0.1, 0.15) is 12.8 Å². The first-order valence-corrected chi connectivity index (χ1v) is 5.73. The summed E-state index contributed by atoms with van der Waals surface area (Å²) in [7, 11) is 2.14. The average Bonchev–Trinajstić information content (AvgIpc) is 2.33. The maximum Gasteiger partial charge on any atom is 0.257 e. The Kier molecular flexibility index (Phi) is 2.24. The predicted molar refractivity (Wildman–Crippen MR) is 59.8 cm³/mol. The summed E-state index contributed by atoms with van der Waals surface area (Å²) in [6.45, 7) is 2.77. The second kappa shape index (κ2) is 3.63. The average molecular weight is 220 g/mol. The number of nitrogens with zero attached hydrogens (tertiary/aromatic N) is 2. The first kappa shape index (κ1) is 9.90. The molecule has 4 nitrogen and oxygen atoms in total. The van der Waals surface area contributed by atoms with Crippen LogP contribution >= 0.6 is 0 Å². The number of ether oxygens (including phenoxy) is 2. The number of rotatable bonds is 0. The van der Waals surface area contributed by atoms with E-state index < -0.39 is 0 Å². The lowest BCUT2D eigenvalue weighted by Gasteiger charge is -2.42. The van der Waals surface area contributed by atoms with Gasteiger partial charge in [-0.25, -0.2) is 4.98 Å². The molecule has 0 bridgehead atoms. The van der Waals surface area contributed by atoms with E-state index in [1.807, 2.05) is 12.1 Å². The molecule has 1 aromatic rings. The lowest BCUT2D eigenvalue weighted by molar-refractivity contribution is -0.0505. The largest absolute Gasteiger partial charge is 0.478 e. The quantitative estimate of drug-likeness (QED) is 0.660. The van der Waals surface area contributed by atoms with E-state index in [4.69, 9.17) is 9.47 Å². The van der Waals surface area contributed by atoms with Crippen LogP contribution < -0.4 is 9.47 Å². The number of hydrogen-bond acceptors (Lipinski definition) is 4. The highest BCUT2D eigenvalue weighted by molar-refractivity contribution is 5.35. The molecule has 2 aliphatic rings. The zero-order chi connectivity index (χ0) is 11.0. The molecule has 0 N–H and O–H groups in total. The predicted octanol–water partition coefficient (Wildman–Crippen LogP) is 1.32. The van der Waals surface area contributed by atoms with Crippen LogP contribution in [0, 0.1) is 0 Å². The lowest BCUT2D eigenvalue weighted by Crippen LogP contribution is -2.52. The Morgan fingerprint density at radius 2 is 2.19 bits per heavy atom. The van der Waals surface area contributed by atoms with Gasteiger partial charge in [-0.3, -0.25) is 0 Å². The van der Waals surface area contributed by atoms with Crippen LogP contribution in [-0.4, -0.2) is 42.2 Å². The van der Waals surface area contributed by atoms with Gasteiger partial charge in [0.1, 0.15) is 12.2 Å². The van der Waals surface area contributed by atoms with Crippen LogP contribution in [0.25, 0.3) is 0 Å². The SMILES string of the molecule is CN1CCC2(CC1)COc1ncccc1O2. The molecule has 1 spiro atoms. The fraction of sp³-hybridized carbons (Fsp3) is 0.583. The van der Waals surface area contributed by atoms with E-state index in [-0.39, 0.29) is 5.60 Å². The lowest BCUT2D eigenvalue weighted by atomic mass is 9.91. The van der Waals surface area contributed by atoms with E-state index in [0.29, 0.717) is 12.5 Å². The van der Waals surface area contributed by atoms with Crippen molar-refractivity contribution < 1.29 is 9.47 Å². The fourth-order valence-corrected chi connectivity index (χ4v) is 2.30. The maximum absolute atomic E-state index is 6.09. The second-order valence-electron chi connectivity index (χ2n) is 4.68. The Hall–Kier alpha value is -1.29. The van der Waals surface area contributed by atoms with Gasteiger partial charge >= 0.3 is 0 Å². The normalized spacial score (nSPS) is 23.3. The second-order valence-corrected chi connectivity index (χ2v) is 4.68. The highest BCUT2D eigenvalue weighted by Crippen LogP contribution is 2.37. The number of hydrogen-bond donors (Lipinski definition) is 0. The number of piperidine rings is 1. The van der Waals surface area contributed by atoms with Crippen LogP contribution in [-0.2, 0) is 0 Å². The molecule has 2 aliphatic heterocycles. The van der Waals surface area contributed by atoms with E-state index in [1.54, 1.807) is 6.20 Å². The molecule has 1 saturated heterocycles. The van der Waals surface area contributed by atoms with Crippen molar-refractivity contribution in [2.24, 2.45) is 0 Å². The molecule has 86 valence electrons. The molecule has 0 amide bonds. The molecule has 0 aromatic carbocycles. The van der Waals surface area contributed by atoms with Crippen molar-refractivity contribution in [1.29, 1.82) is 0 Å². The smallest absolute Gasteiger partial charge is 0.257 e. The van der Waals surface area contributed by atoms with Crippen molar-refractivity contribution in [1.82, 2.24) is 9.88 Å². The summed E-state index contributed by atoms with van der Waals surface area (Å²) in [5, 5.41) is 0. The summed E-state index contributed by atoms with van der Waals surface area (Å²) >= 11 is 0. The number of likely N-dealkylation sites (tertiary alicyclic amines) is 1. The highest BCUT2D eigenvalue weighted by Gasteiger charge is 2.40. The van der Waals surface area contributed by atoms with E-state index in [1.165, 1.54) is 0 Å². The maximum atomic E-state index is 6.09. The molecule has 3 rings (SSSR count). The van der Waals surface area contributed by atoms with Gasteiger partial charge in [0.05, 0.1) is 0 Å². The van der Waals surface area contributed by atoms with Crippen molar-refractivity contribution in [3.05, 3.63) is 18.3 Å². The van der Waals surface area contributed by atoms with E-state index in [0.717, 1.165) is 31.7 Å². The molecule has 4 heteroatoms. The Morgan fingerprint density at radius 3 is 3.00 bits per heavy atom. The van der Waals surface area contributed by atoms with Gasteiger partial charge in [-0.15, -0.1) is 0 Å². The minimum Gasteiger partial charge on any atom is -0.478 e. The molecule has 0 saturated carbocycles. The number of pyridine rings is 1. The summed E-state index contributed by atoms with van der Waals surface area (Å²) in [5.41, 5.74) is -0.122. The third-order valence-electron chi connectivity index (χ3n) is 3.43. The topological polar surface area (TPSA) is 34.6 Å². The number of fused-ring (bicyclic) bond motifs is 1. The van der Waals surface area contributed by atoms with Gasteiger partial charge in [-0.2, -0.15) is 0 Å². The molecule has 0 aliphatic carbocycles. The highest BCUT2D eigenvalue weighted by atomic mass is 16.6. The third-order valence-corrected chi connectivity index (χ3v) is 3.43. The molecular weight excluding hydrogens is 204 g/mol. The first-order valence-electron chi connectivity index (χ1n) is 5.73. The Bertz CT molecular complexity index is 386. The van der Waals surface area contributed by atoms with Crippen molar-refractivity contribution >= 4 is 0 Å². The van der Waals surface area contributed by atoms with Crippen LogP contribution in [0.4, 0.5) is 0 Å². The van der Waals surface area contributed by atoms with E-state index in [9.17, 15) is 0 Å². The summed E-state index contributed by atoms with van der Waals surface area (Å²) in [4.78, 5) is 6.48.